The van der Waals surface area contributed by atoms with E-state index in [2.05, 4.69) is 0 Å². The summed E-state index contributed by atoms with van der Waals surface area (Å²) >= 11 is 0. The van der Waals surface area contributed by atoms with Gasteiger partial charge in [-0.15, -0.1) is 0 Å². The number of esters is 1. The van der Waals surface area contributed by atoms with Crippen molar-refractivity contribution in [3.8, 4) is 0 Å². The van der Waals surface area contributed by atoms with Crippen molar-refractivity contribution in [2.45, 2.75) is 12.5 Å². The molecule has 2 rings (SSSR count). The third kappa shape index (κ3) is 1.44. The summed E-state index contributed by atoms with van der Waals surface area (Å²) in [6.45, 7) is -0.153. The number of carbonyl (C=O) groups is 1. The van der Waals surface area contributed by atoms with E-state index >= 15 is 0 Å². The Balaban J connectivity index is 2.40. The molecule has 1 heterocycles. The van der Waals surface area contributed by atoms with Gasteiger partial charge >= 0.3 is 5.97 Å². The van der Waals surface area contributed by atoms with Gasteiger partial charge in [-0.25, -0.2) is 0 Å². The zero-order chi connectivity index (χ0) is 10.1. The summed E-state index contributed by atoms with van der Waals surface area (Å²) in [7, 11) is 0. The zero-order valence-electron chi connectivity index (χ0n) is 7.43. The number of aliphatic hydroxyl groups excluding tert-OH is 2. The molecule has 4 nitrogen and oxygen atoms in total. The van der Waals surface area contributed by atoms with E-state index in [0.29, 0.717) is 5.57 Å². The second kappa shape index (κ2) is 3.31. The summed E-state index contributed by atoms with van der Waals surface area (Å²) in [5.41, 5.74) is 1.43. The van der Waals surface area contributed by atoms with Gasteiger partial charge in [-0.1, -0.05) is 6.08 Å². The van der Waals surface area contributed by atoms with E-state index in [4.69, 9.17) is 9.84 Å². The maximum absolute atomic E-state index is 11.1. The van der Waals surface area contributed by atoms with Gasteiger partial charge < -0.3 is 14.9 Å². The van der Waals surface area contributed by atoms with Gasteiger partial charge in [0.25, 0.3) is 0 Å². The Kier molecular flexibility index (Phi) is 2.13. The zero-order valence-corrected chi connectivity index (χ0v) is 7.43. The molecule has 1 unspecified atom stereocenters. The SMILES string of the molecule is O=C1CC(CO)=C2C=CC(O)=CC2O1. The maximum atomic E-state index is 11.1. The smallest absolute Gasteiger partial charge is 0.310 e. The molecule has 0 saturated carbocycles. The molecule has 4 heteroatoms. The Labute approximate surface area is 80.8 Å². The molecule has 1 atom stereocenters. The highest BCUT2D eigenvalue weighted by Gasteiger charge is 2.27. The second-order valence-corrected chi connectivity index (χ2v) is 3.23. The number of hydrogen-bond acceptors (Lipinski definition) is 4. The largest absolute Gasteiger partial charge is 0.508 e. The minimum atomic E-state index is -0.539. The first-order chi connectivity index (χ1) is 6.70. The quantitative estimate of drug-likeness (QED) is 0.600. The molecule has 2 aliphatic rings. The van der Waals surface area contributed by atoms with Gasteiger partial charge in [-0.2, -0.15) is 0 Å². The van der Waals surface area contributed by atoms with Crippen molar-refractivity contribution in [2.24, 2.45) is 0 Å². The third-order valence-corrected chi connectivity index (χ3v) is 2.28. The summed E-state index contributed by atoms with van der Waals surface area (Å²) in [5.74, 6) is -0.298. The van der Waals surface area contributed by atoms with Crippen LogP contribution in [0.25, 0.3) is 0 Å². The molecule has 0 radical (unpaired) electrons. The van der Waals surface area contributed by atoms with Gasteiger partial charge in [0.1, 0.15) is 11.9 Å². The lowest BCUT2D eigenvalue weighted by molar-refractivity contribution is -0.146. The van der Waals surface area contributed by atoms with Crippen LogP contribution in [0.1, 0.15) is 6.42 Å². The average molecular weight is 194 g/mol. The molecule has 1 aliphatic carbocycles. The van der Waals surface area contributed by atoms with E-state index in [1.807, 2.05) is 0 Å². The van der Waals surface area contributed by atoms with Crippen molar-refractivity contribution >= 4 is 5.97 Å². The van der Waals surface area contributed by atoms with E-state index in [-0.39, 0.29) is 24.8 Å². The Morgan fingerprint density at radius 1 is 1.50 bits per heavy atom. The summed E-state index contributed by atoms with van der Waals surface area (Å²) in [4.78, 5) is 11.1. The minimum absolute atomic E-state index is 0.0748. The summed E-state index contributed by atoms with van der Waals surface area (Å²) < 4.78 is 5.00. The number of carbonyl (C=O) groups excluding carboxylic acids is 1. The van der Waals surface area contributed by atoms with Gasteiger partial charge in [0.15, 0.2) is 0 Å². The molecule has 0 spiro atoms. The Bertz CT molecular complexity index is 362. The van der Waals surface area contributed by atoms with E-state index < -0.39 is 6.10 Å². The van der Waals surface area contributed by atoms with E-state index in [9.17, 15) is 9.90 Å². The molecule has 2 N–H and O–H groups in total. The van der Waals surface area contributed by atoms with Crippen molar-refractivity contribution in [3.05, 3.63) is 35.1 Å². The molecule has 0 fully saturated rings. The van der Waals surface area contributed by atoms with Crippen LogP contribution in [0.5, 0.6) is 0 Å². The topological polar surface area (TPSA) is 66.8 Å². The lowest BCUT2D eigenvalue weighted by Crippen LogP contribution is -2.27. The van der Waals surface area contributed by atoms with Crippen molar-refractivity contribution in [3.63, 3.8) is 0 Å². The van der Waals surface area contributed by atoms with Gasteiger partial charge in [0.2, 0.25) is 0 Å². The first-order valence-corrected chi connectivity index (χ1v) is 4.32. The van der Waals surface area contributed by atoms with Crippen LogP contribution in [-0.4, -0.2) is 28.9 Å². The van der Waals surface area contributed by atoms with Crippen molar-refractivity contribution < 1.29 is 19.7 Å². The van der Waals surface area contributed by atoms with Gasteiger partial charge in [-0.3, -0.25) is 4.79 Å². The van der Waals surface area contributed by atoms with Crippen LogP contribution < -0.4 is 0 Å². The number of fused-ring (bicyclic) bond motifs is 1. The van der Waals surface area contributed by atoms with Gasteiger partial charge in [-0.05, 0) is 17.2 Å². The molecule has 0 aromatic carbocycles. The van der Waals surface area contributed by atoms with Crippen LogP contribution in [-0.2, 0) is 9.53 Å². The van der Waals surface area contributed by atoms with Gasteiger partial charge in [0.05, 0.1) is 13.0 Å². The fraction of sp³-hybridized carbons (Fsp3) is 0.300. The molecule has 1 aliphatic heterocycles. The fourth-order valence-corrected chi connectivity index (χ4v) is 1.59. The predicted molar refractivity (Wildman–Crippen MR) is 48.5 cm³/mol. The van der Waals surface area contributed by atoms with Crippen LogP contribution in [0.2, 0.25) is 0 Å². The van der Waals surface area contributed by atoms with Crippen molar-refractivity contribution in [1.29, 1.82) is 0 Å². The molecular formula is C10H10O4. The van der Waals surface area contributed by atoms with E-state index in [0.717, 1.165) is 5.57 Å². The molecule has 14 heavy (non-hydrogen) atoms. The number of ether oxygens (including phenoxy) is 1. The first-order valence-electron chi connectivity index (χ1n) is 4.32. The number of aliphatic hydroxyl groups is 2. The van der Waals surface area contributed by atoms with Crippen molar-refractivity contribution in [2.75, 3.05) is 6.61 Å². The summed E-state index contributed by atoms with van der Waals surface area (Å²) in [6, 6.07) is 0. The Hall–Kier alpha value is -1.55. The Morgan fingerprint density at radius 2 is 2.29 bits per heavy atom. The normalized spacial score (nSPS) is 25.6. The Morgan fingerprint density at radius 3 is 3.00 bits per heavy atom. The van der Waals surface area contributed by atoms with Crippen molar-refractivity contribution in [1.82, 2.24) is 0 Å². The highest BCUT2D eigenvalue weighted by atomic mass is 16.5. The highest BCUT2D eigenvalue weighted by molar-refractivity contribution is 5.76. The lowest BCUT2D eigenvalue weighted by atomic mass is 9.94. The molecule has 0 aromatic heterocycles. The number of allylic oxidation sites excluding steroid dienone is 1. The third-order valence-electron chi connectivity index (χ3n) is 2.28. The maximum Gasteiger partial charge on any atom is 0.310 e. The molecule has 0 saturated heterocycles. The van der Waals surface area contributed by atoms with E-state index in [1.165, 1.54) is 12.2 Å². The van der Waals surface area contributed by atoms with Crippen LogP contribution >= 0.6 is 0 Å². The predicted octanol–water partition coefficient (Wildman–Crippen LogP) is 0.602. The average Bonchev–Trinajstić information content (AvgIpc) is 2.15. The van der Waals surface area contributed by atoms with Crippen LogP contribution in [0.15, 0.2) is 35.1 Å². The van der Waals surface area contributed by atoms with Crippen LogP contribution in [0, 0.1) is 0 Å². The number of rotatable bonds is 1. The molecule has 74 valence electrons. The molecular weight excluding hydrogens is 184 g/mol. The van der Waals surface area contributed by atoms with Crippen LogP contribution in [0.3, 0.4) is 0 Å². The monoisotopic (exact) mass is 194 g/mol. The van der Waals surface area contributed by atoms with Gasteiger partial charge in [0, 0.05) is 6.08 Å². The highest BCUT2D eigenvalue weighted by Crippen LogP contribution is 2.27. The standard InChI is InChI=1S/C10H10O4/c11-5-6-3-10(13)14-9-4-7(12)1-2-8(6)9/h1-2,4,9,11-12H,3,5H2. The number of hydrogen-bond donors (Lipinski definition) is 2. The van der Waals surface area contributed by atoms with Crippen LogP contribution in [0.4, 0.5) is 0 Å². The minimum Gasteiger partial charge on any atom is -0.508 e. The first kappa shape index (κ1) is 9.02. The molecule has 0 aromatic rings. The van der Waals surface area contributed by atoms with E-state index in [1.54, 1.807) is 6.08 Å². The summed E-state index contributed by atoms with van der Waals surface area (Å²) in [6.07, 6.45) is 4.21. The lowest BCUT2D eigenvalue weighted by Gasteiger charge is -2.26. The molecule has 0 bridgehead atoms. The summed E-state index contributed by atoms with van der Waals surface area (Å²) in [5, 5.41) is 18.2. The molecule has 0 amide bonds. The fourth-order valence-electron chi connectivity index (χ4n) is 1.59. The second-order valence-electron chi connectivity index (χ2n) is 3.23.